The number of alkyl halides is 6. The van der Waals surface area contributed by atoms with Gasteiger partial charge in [0.05, 0.1) is 23.2 Å². The zero-order chi connectivity index (χ0) is 21.2. The van der Waals surface area contributed by atoms with E-state index in [0.29, 0.717) is 5.56 Å². The molecule has 1 aliphatic heterocycles. The first kappa shape index (κ1) is 20.9. The number of nitrogens with zero attached hydrogens (tertiary/aromatic N) is 1. The van der Waals surface area contributed by atoms with E-state index >= 15 is 0 Å². The lowest BCUT2D eigenvalue weighted by Crippen LogP contribution is -2.32. The third kappa shape index (κ3) is 4.76. The van der Waals surface area contributed by atoms with Gasteiger partial charge >= 0.3 is 12.4 Å². The minimum absolute atomic E-state index is 0.107. The van der Waals surface area contributed by atoms with Crippen LogP contribution in [-0.4, -0.2) is 6.04 Å². The Hall–Kier alpha value is -2.87. The third-order valence-electron chi connectivity index (χ3n) is 4.34. The second kappa shape index (κ2) is 7.87. The molecule has 3 N–H and O–H groups in total. The molecule has 1 fully saturated rings. The van der Waals surface area contributed by atoms with Gasteiger partial charge in [-0.2, -0.15) is 37.1 Å². The van der Waals surface area contributed by atoms with Crippen molar-refractivity contribution in [1.82, 2.24) is 16.4 Å². The molecule has 2 aromatic carbocycles. The van der Waals surface area contributed by atoms with Gasteiger partial charge in [-0.15, -0.1) is 0 Å². The molecule has 0 amide bonds. The highest BCUT2D eigenvalue weighted by Crippen LogP contribution is 2.35. The summed E-state index contributed by atoms with van der Waals surface area (Å²) in [5, 5.41) is 9.12. The zero-order valence-corrected chi connectivity index (χ0v) is 14.6. The molecule has 0 bridgehead atoms. The first-order chi connectivity index (χ1) is 13.6. The van der Waals surface area contributed by atoms with Crippen molar-refractivity contribution in [3.05, 3.63) is 70.3 Å². The van der Waals surface area contributed by atoms with Crippen LogP contribution in [0.5, 0.6) is 0 Å². The van der Waals surface area contributed by atoms with Crippen LogP contribution in [0.15, 0.2) is 42.5 Å². The maximum atomic E-state index is 13.4. The Morgan fingerprint density at radius 2 is 1.66 bits per heavy atom. The number of rotatable bonds is 3. The summed E-state index contributed by atoms with van der Waals surface area (Å²) >= 11 is 0. The molecule has 0 aliphatic carbocycles. The molecular weight excluding hydrogens is 398 g/mol. The molecule has 1 heterocycles. The fourth-order valence-electron chi connectivity index (χ4n) is 2.92. The summed E-state index contributed by atoms with van der Waals surface area (Å²) in [6, 6.07) is 8.32. The lowest BCUT2D eigenvalue weighted by molar-refractivity contribution is -0.138. The highest BCUT2D eigenvalue weighted by molar-refractivity contribution is 5.72. The van der Waals surface area contributed by atoms with Crippen molar-refractivity contribution in [2.24, 2.45) is 0 Å². The second-order valence-corrected chi connectivity index (χ2v) is 6.30. The van der Waals surface area contributed by atoms with Gasteiger partial charge in [-0.1, -0.05) is 30.4 Å². The van der Waals surface area contributed by atoms with Gasteiger partial charge in [-0.3, -0.25) is 0 Å². The van der Waals surface area contributed by atoms with E-state index in [9.17, 15) is 26.3 Å². The number of hydrogen-bond donors (Lipinski definition) is 3. The topological polar surface area (TPSA) is 59.9 Å². The Bertz CT molecular complexity index is 958. The summed E-state index contributed by atoms with van der Waals surface area (Å²) in [7, 11) is 0. The first-order valence-corrected chi connectivity index (χ1v) is 8.32. The van der Waals surface area contributed by atoms with Gasteiger partial charge < -0.3 is 0 Å². The van der Waals surface area contributed by atoms with E-state index in [1.807, 2.05) is 6.07 Å². The third-order valence-corrected chi connectivity index (χ3v) is 4.34. The number of hydrazine groups is 2. The highest BCUT2D eigenvalue weighted by atomic mass is 19.4. The van der Waals surface area contributed by atoms with Crippen LogP contribution in [-0.2, 0) is 12.4 Å². The lowest BCUT2D eigenvalue weighted by atomic mass is 9.95. The second-order valence-electron chi connectivity index (χ2n) is 6.30. The molecule has 3 rings (SSSR count). The fraction of sp³-hybridized carbons (Fsp3) is 0.211. The average Bonchev–Trinajstić information content (AvgIpc) is 3.14. The van der Waals surface area contributed by atoms with Crippen LogP contribution in [0.3, 0.4) is 0 Å². The van der Waals surface area contributed by atoms with Gasteiger partial charge in [-0.05, 0) is 41.0 Å². The summed E-state index contributed by atoms with van der Waals surface area (Å²) < 4.78 is 78.6. The Morgan fingerprint density at radius 1 is 0.897 bits per heavy atom. The summed E-state index contributed by atoms with van der Waals surface area (Å²) in [4.78, 5) is 0. The largest absolute Gasteiger partial charge is 0.416 e. The quantitative estimate of drug-likeness (QED) is 0.515. The predicted octanol–water partition coefficient (Wildman–Crippen LogP) is 4.44. The van der Waals surface area contributed by atoms with Crippen LogP contribution in [0.1, 0.15) is 33.9 Å². The van der Waals surface area contributed by atoms with Gasteiger partial charge in [0.2, 0.25) is 0 Å². The van der Waals surface area contributed by atoms with E-state index in [1.54, 1.807) is 0 Å². The van der Waals surface area contributed by atoms with Gasteiger partial charge in [-0.25, -0.2) is 10.9 Å². The molecule has 29 heavy (non-hydrogen) atoms. The number of hydrogen-bond acceptors (Lipinski definition) is 4. The summed E-state index contributed by atoms with van der Waals surface area (Å²) in [5.41, 5.74) is 6.38. The van der Waals surface area contributed by atoms with Gasteiger partial charge in [0.25, 0.3) is 0 Å². The van der Waals surface area contributed by atoms with E-state index in [0.717, 1.165) is 24.3 Å². The number of nitriles is 1. The minimum Gasteiger partial charge on any atom is -0.234 e. The molecular formula is C19H14F6N4. The molecule has 2 unspecified atom stereocenters. The SMILES string of the molecule is N#CC1NNNC1c1ccc(C(F)(F)F)c(/C=C/c2cccc(C(F)(F)F)c2)c1. The number of benzene rings is 2. The molecule has 10 heteroatoms. The van der Waals surface area contributed by atoms with Crippen LogP contribution < -0.4 is 16.4 Å². The van der Waals surface area contributed by atoms with E-state index in [1.165, 1.54) is 30.3 Å². The maximum absolute atomic E-state index is 13.4. The average molecular weight is 412 g/mol. The Balaban J connectivity index is 1.99. The zero-order valence-electron chi connectivity index (χ0n) is 14.6. The lowest BCUT2D eigenvalue weighted by Gasteiger charge is -2.16. The van der Waals surface area contributed by atoms with Crippen molar-refractivity contribution in [3.63, 3.8) is 0 Å². The maximum Gasteiger partial charge on any atom is 0.416 e. The van der Waals surface area contributed by atoms with Crippen molar-refractivity contribution < 1.29 is 26.3 Å². The van der Waals surface area contributed by atoms with E-state index in [2.05, 4.69) is 16.4 Å². The molecule has 152 valence electrons. The smallest absolute Gasteiger partial charge is 0.234 e. The van der Waals surface area contributed by atoms with Crippen molar-refractivity contribution in [3.8, 4) is 6.07 Å². The summed E-state index contributed by atoms with van der Waals surface area (Å²) in [6.45, 7) is 0. The van der Waals surface area contributed by atoms with Gasteiger partial charge in [0.15, 0.2) is 0 Å². The molecule has 2 aromatic rings. The molecule has 1 saturated heterocycles. The Labute approximate surface area is 161 Å². The van der Waals surface area contributed by atoms with Crippen LogP contribution in [0.2, 0.25) is 0 Å². The first-order valence-electron chi connectivity index (χ1n) is 8.32. The molecule has 0 aromatic heterocycles. The van der Waals surface area contributed by atoms with Crippen molar-refractivity contribution >= 4 is 12.2 Å². The fourth-order valence-corrected chi connectivity index (χ4v) is 2.92. The molecule has 1 aliphatic rings. The molecule has 0 saturated carbocycles. The van der Waals surface area contributed by atoms with Crippen LogP contribution >= 0.6 is 0 Å². The standard InChI is InChI=1S/C19H14F6N4/c20-18(21,22)14-3-1-2-11(8-14)4-5-12-9-13(6-7-15(12)19(23,24)25)17-16(10-26)27-29-28-17/h1-9,16-17,27-29H/b5-4+. The van der Waals surface area contributed by atoms with Crippen molar-refractivity contribution in [2.75, 3.05) is 0 Å². The summed E-state index contributed by atoms with van der Waals surface area (Å²) in [5.74, 6) is 0. The molecule has 2 atom stereocenters. The predicted molar refractivity (Wildman–Crippen MR) is 93.4 cm³/mol. The minimum atomic E-state index is -4.65. The van der Waals surface area contributed by atoms with Gasteiger partial charge in [0.1, 0.15) is 6.04 Å². The summed E-state index contributed by atoms with van der Waals surface area (Å²) in [6.07, 6.45) is -6.91. The number of nitrogens with one attached hydrogen (secondary N) is 3. The van der Waals surface area contributed by atoms with E-state index in [-0.39, 0.29) is 11.1 Å². The van der Waals surface area contributed by atoms with Crippen LogP contribution in [0.4, 0.5) is 26.3 Å². The van der Waals surface area contributed by atoms with Crippen LogP contribution in [0.25, 0.3) is 12.2 Å². The highest BCUT2D eigenvalue weighted by Gasteiger charge is 2.35. The molecule has 4 nitrogen and oxygen atoms in total. The number of halogens is 6. The monoisotopic (exact) mass is 412 g/mol. The van der Waals surface area contributed by atoms with Gasteiger partial charge in [0, 0.05) is 0 Å². The van der Waals surface area contributed by atoms with E-state index in [4.69, 9.17) is 5.26 Å². The molecule has 0 spiro atoms. The van der Waals surface area contributed by atoms with E-state index < -0.39 is 35.6 Å². The molecule has 0 radical (unpaired) electrons. The Morgan fingerprint density at radius 3 is 2.31 bits per heavy atom. The van der Waals surface area contributed by atoms with Crippen molar-refractivity contribution in [1.29, 1.82) is 5.26 Å². The van der Waals surface area contributed by atoms with Crippen molar-refractivity contribution in [2.45, 2.75) is 24.4 Å². The van der Waals surface area contributed by atoms with Crippen LogP contribution in [0, 0.1) is 11.3 Å². The Kier molecular flexibility index (Phi) is 5.66. The normalized spacial score (nSPS) is 20.2.